The number of amides is 4. The molecule has 1 aliphatic carbocycles. The number of benzene rings is 2. The van der Waals surface area contributed by atoms with E-state index in [1.165, 1.54) is 6.20 Å². The van der Waals surface area contributed by atoms with Gasteiger partial charge in [0.25, 0.3) is 11.8 Å². The predicted octanol–water partition coefficient (Wildman–Crippen LogP) is 3.73. The van der Waals surface area contributed by atoms with Gasteiger partial charge in [0.05, 0.1) is 40.1 Å². The van der Waals surface area contributed by atoms with Crippen molar-refractivity contribution >= 4 is 63.7 Å². The fraction of sp³-hybridized carbons (Fsp3) is 0.323. The highest BCUT2D eigenvalue weighted by Gasteiger charge is 2.44. The summed E-state index contributed by atoms with van der Waals surface area (Å²) in [5.41, 5.74) is 9.94. The van der Waals surface area contributed by atoms with Crippen LogP contribution >= 0.6 is 11.6 Å². The summed E-state index contributed by atoms with van der Waals surface area (Å²) in [5, 5.41) is 6.14. The Hall–Kier alpha value is -4.64. The number of anilines is 1. The highest BCUT2D eigenvalue weighted by atomic mass is 35.5. The van der Waals surface area contributed by atoms with Crippen molar-refractivity contribution in [2.45, 2.75) is 50.6 Å². The minimum Gasteiger partial charge on any atom is -0.404 e. The van der Waals surface area contributed by atoms with Gasteiger partial charge >= 0.3 is 0 Å². The maximum absolute atomic E-state index is 13.0. The molecule has 4 amide bonds. The van der Waals surface area contributed by atoms with Gasteiger partial charge < -0.3 is 11.1 Å². The van der Waals surface area contributed by atoms with E-state index in [-0.39, 0.29) is 30.0 Å². The molecular formula is C31H30ClN7O4. The highest BCUT2D eigenvalue weighted by molar-refractivity contribution is 6.31. The normalized spacial score (nSPS) is 22.2. The van der Waals surface area contributed by atoms with Crippen LogP contribution in [-0.2, 0) is 9.59 Å². The molecule has 1 aromatic heterocycles. The molecule has 1 unspecified atom stereocenters. The van der Waals surface area contributed by atoms with Crippen molar-refractivity contribution in [1.82, 2.24) is 20.2 Å². The predicted molar refractivity (Wildman–Crippen MR) is 163 cm³/mol. The Balaban J connectivity index is 0.959. The van der Waals surface area contributed by atoms with Gasteiger partial charge in [-0.25, -0.2) is 4.98 Å². The summed E-state index contributed by atoms with van der Waals surface area (Å²) in [5.74, 6) is -1.45. The molecule has 2 aliphatic heterocycles. The van der Waals surface area contributed by atoms with E-state index in [9.17, 15) is 19.2 Å². The monoisotopic (exact) mass is 599 g/mol. The number of nitrogens with one attached hydrogen (secondary N) is 2. The van der Waals surface area contributed by atoms with Crippen LogP contribution < -0.4 is 16.4 Å². The lowest BCUT2D eigenvalue weighted by Crippen LogP contribution is -2.54. The average Bonchev–Trinajstić information content (AvgIpc) is 3.21. The number of fused-ring (bicyclic) bond motifs is 2. The Morgan fingerprint density at radius 1 is 1.09 bits per heavy atom. The number of rotatable bonds is 9. The number of aromatic nitrogens is 2. The number of carbonyl (C=O) groups excluding carboxylic acids is 4. The van der Waals surface area contributed by atoms with Crippen LogP contribution in [0.3, 0.4) is 0 Å². The molecule has 1 atom stereocenters. The quantitative estimate of drug-likeness (QED) is 0.191. The summed E-state index contributed by atoms with van der Waals surface area (Å²) in [4.78, 5) is 64.4. The number of nitrogens with zero attached hydrogens (tertiary/aromatic N) is 4. The molecule has 3 aliphatic rings. The molecule has 2 fully saturated rings. The van der Waals surface area contributed by atoms with E-state index in [1.54, 1.807) is 42.7 Å². The van der Waals surface area contributed by atoms with Crippen LogP contribution in [0.25, 0.3) is 16.6 Å². The van der Waals surface area contributed by atoms with Gasteiger partial charge in [-0.3, -0.25) is 39.4 Å². The van der Waals surface area contributed by atoms with Crippen LogP contribution in [-0.4, -0.2) is 63.3 Å². The van der Waals surface area contributed by atoms with Crippen molar-refractivity contribution in [2.75, 3.05) is 11.9 Å². The molecule has 43 heavy (non-hydrogen) atoms. The topological polar surface area (TPSA) is 160 Å². The fourth-order valence-corrected chi connectivity index (χ4v) is 5.93. The van der Waals surface area contributed by atoms with Gasteiger partial charge in [0.1, 0.15) is 6.04 Å². The Kier molecular flexibility index (Phi) is 7.90. The smallest absolute Gasteiger partial charge is 0.262 e. The first kappa shape index (κ1) is 28.5. The van der Waals surface area contributed by atoms with E-state index >= 15 is 0 Å². The van der Waals surface area contributed by atoms with Crippen molar-refractivity contribution in [1.29, 1.82) is 0 Å². The number of carbonyl (C=O) groups is 4. The lowest BCUT2D eigenvalue weighted by atomic mass is 9.78. The Morgan fingerprint density at radius 2 is 1.91 bits per heavy atom. The van der Waals surface area contributed by atoms with Crippen LogP contribution in [0.4, 0.5) is 5.69 Å². The van der Waals surface area contributed by atoms with Gasteiger partial charge in [-0.05, 0) is 74.4 Å². The summed E-state index contributed by atoms with van der Waals surface area (Å²) < 4.78 is 0. The van der Waals surface area contributed by atoms with E-state index < -0.39 is 29.7 Å². The molecule has 6 rings (SSSR count). The van der Waals surface area contributed by atoms with Crippen molar-refractivity contribution in [2.24, 2.45) is 16.6 Å². The molecule has 12 heteroatoms. The van der Waals surface area contributed by atoms with Gasteiger partial charge in [-0.1, -0.05) is 11.6 Å². The van der Waals surface area contributed by atoms with Crippen molar-refractivity contribution in [3.8, 4) is 0 Å². The van der Waals surface area contributed by atoms with Crippen LogP contribution in [0, 0.1) is 5.92 Å². The average molecular weight is 600 g/mol. The van der Waals surface area contributed by atoms with Gasteiger partial charge in [-0.15, -0.1) is 0 Å². The van der Waals surface area contributed by atoms with E-state index in [4.69, 9.17) is 22.3 Å². The molecule has 0 radical (unpaired) electrons. The number of aliphatic imine (C=N–C) groups is 1. The first-order valence-corrected chi connectivity index (χ1v) is 14.7. The number of allylic oxidation sites excluding steroid dienone is 1. The highest BCUT2D eigenvalue weighted by Crippen LogP contribution is 2.34. The van der Waals surface area contributed by atoms with Crippen LogP contribution in [0.2, 0.25) is 5.02 Å². The largest absolute Gasteiger partial charge is 0.404 e. The number of hydrogen-bond acceptors (Lipinski definition) is 9. The zero-order chi connectivity index (χ0) is 30.1. The second-order valence-corrected chi connectivity index (χ2v) is 11.5. The molecular weight excluding hydrogens is 570 g/mol. The third-order valence-electron chi connectivity index (χ3n) is 8.17. The molecule has 1 saturated heterocycles. The molecule has 220 valence electrons. The van der Waals surface area contributed by atoms with Gasteiger partial charge in [0, 0.05) is 41.7 Å². The second kappa shape index (κ2) is 11.9. The summed E-state index contributed by atoms with van der Waals surface area (Å²) in [7, 11) is 0. The summed E-state index contributed by atoms with van der Waals surface area (Å²) in [6, 6.07) is 9.68. The third kappa shape index (κ3) is 5.85. The van der Waals surface area contributed by atoms with E-state index in [0.29, 0.717) is 34.3 Å². The maximum atomic E-state index is 13.0. The molecule has 4 N–H and O–H groups in total. The zero-order valence-corrected chi connectivity index (χ0v) is 24.0. The van der Waals surface area contributed by atoms with Crippen molar-refractivity contribution < 1.29 is 19.2 Å². The van der Waals surface area contributed by atoms with Crippen molar-refractivity contribution in [3.05, 3.63) is 70.6 Å². The fourth-order valence-electron chi connectivity index (χ4n) is 5.77. The van der Waals surface area contributed by atoms with E-state index in [2.05, 4.69) is 20.6 Å². The first-order chi connectivity index (χ1) is 20.8. The maximum Gasteiger partial charge on any atom is 0.262 e. The Morgan fingerprint density at radius 3 is 2.70 bits per heavy atom. The Labute approximate surface area is 252 Å². The second-order valence-electron chi connectivity index (χ2n) is 11.1. The van der Waals surface area contributed by atoms with Gasteiger partial charge in [0.2, 0.25) is 11.8 Å². The molecule has 0 bridgehead atoms. The van der Waals surface area contributed by atoms with E-state index in [1.807, 2.05) is 6.07 Å². The standard InChI is InChI=1S/C31H30ClN7O4/c32-19-3-6-24-25(12-19)37-26(16-36-24)18(14-33)15-35-21-10-17(11-21)2-1-9-34-20-4-5-22-23(13-20)31(43)39(30(22)42)27-7-8-28(40)38-29(27)41/h3-6,12-17,21,27,34H,1-2,7-11,33H2,(H,38,40,41). The SMILES string of the molecule is NC=C(C=NC1CC(CCCNc2ccc3c(c2)C(=O)N(C2CCC(=O)NC2=O)C3=O)C1)c1cnc2ccc(Cl)cc2n1. The van der Waals surface area contributed by atoms with E-state index in [0.717, 1.165) is 41.8 Å². The zero-order valence-electron chi connectivity index (χ0n) is 23.3. The van der Waals surface area contributed by atoms with Crippen LogP contribution in [0.1, 0.15) is 64.9 Å². The number of nitrogens with two attached hydrogens (primary N) is 1. The number of hydrogen-bond donors (Lipinski definition) is 3. The summed E-state index contributed by atoms with van der Waals surface area (Å²) in [6.07, 6.45) is 9.14. The molecule has 3 aromatic rings. The molecule has 11 nitrogen and oxygen atoms in total. The van der Waals surface area contributed by atoms with Crippen LogP contribution in [0.15, 0.2) is 53.8 Å². The number of piperidine rings is 1. The number of imide groups is 2. The first-order valence-electron chi connectivity index (χ1n) is 14.3. The van der Waals surface area contributed by atoms with Crippen molar-refractivity contribution in [3.63, 3.8) is 0 Å². The Bertz CT molecular complexity index is 1700. The molecule has 3 heterocycles. The minimum atomic E-state index is -0.970. The lowest BCUT2D eigenvalue weighted by molar-refractivity contribution is -0.136. The lowest BCUT2D eigenvalue weighted by Gasteiger charge is -2.32. The molecule has 1 saturated carbocycles. The molecule has 2 aromatic carbocycles. The third-order valence-corrected chi connectivity index (χ3v) is 8.41. The minimum absolute atomic E-state index is 0.0904. The summed E-state index contributed by atoms with van der Waals surface area (Å²) >= 11 is 6.09. The molecule has 0 spiro atoms. The van der Waals surface area contributed by atoms with Gasteiger partial charge in [0.15, 0.2) is 0 Å². The number of halogens is 1. The van der Waals surface area contributed by atoms with Crippen LogP contribution in [0.5, 0.6) is 0 Å². The summed E-state index contributed by atoms with van der Waals surface area (Å²) in [6.45, 7) is 0.715. The van der Waals surface area contributed by atoms with Gasteiger partial charge in [-0.2, -0.15) is 0 Å².